The van der Waals surface area contributed by atoms with Gasteiger partial charge in [-0.1, -0.05) is 54.2 Å². The highest BCUT2D eigenvalue weighted by atomic mass is 32.2. The van der Waals surface area contributed by atoms with E-state index in [0.29, 0.717) is 12.1 Å². The normalized spacial score (nSPS) is 16.1. The van der Waals surface area contributed by atoms with Crippen LogP contribution >= 0.6 is 11.8 Å². The van der Waals surface area contributed by atoms with Crippen molar-refractivity contribution in [2.24, 2.45) is 0 Å². The van der Waals surface area contributed by atoms with Crippen molar-refractivity contribution >= 4 is 23.4 Å². The van der Waals surface area contributed by atoms with Crippen LogP contribution in [0.1, 0.15) is 26.9 Å². The van der Waals surface area contributed by atoms with Gasteiger partial charge in [-0.15, -0.1) is 0 Å². The average Bonchev–Trinajstić information content (AvgIpc) is 2.71. The Balaban J connectivity index is 1.74. The lowest BCUT2D eigenvalue weighted by Crippen LogP contribution is -2.36. The van der Waals surface area contributed by atoms with Crippen LogP contribution < -0.4 is 0 Å². The molecular formula is C21H16N2O3S. The van der Waals surface area contributed by atoms with Crippen molar-refractivity contribution in [2.45, 2.75) is 16.8 Å². The van der Waals surface area contributed by atoms with Crippen LogP contribution in [0.3, 0.4) is 0 Å². The number of nitrogens with zero attached hydrogens (tertiary/aromatic N) is 2. The molecule has 0 aromatic heterocycles. The van der Waals surface area contributed by atoms with Gasteiger partial charge in [-0.2, -0.15) is 0 Å². The van der Waals surface area contributed by atoms with Gasteiger partial charge in [0.05, 0.1) is 10.5 Å². The van der Waals surface area contributed by atoms with E-state index in [-0.39, 0.29) is 17.0 Å². The zero-order valence-electron chi connectivity index (χ0n) is 14.3. The summed E-state index contributed by atoms with van der Waals surface area (Å²) in [7, 11) is 0. The number of carbonyl (C=O) groups excluding carboxylic acids is 1. The molecule has 0 spiro atoms. The van der Waals surface area contributed by atoms with E-state index in [4.69, 9.17) is 0 Å². The average molecular weight is 376 g/mol. The molecule has 0 saturated carbocycles. The van der Waals surface area contributed by atoms with Gasteiger partial charge in [0.1, 0.15) is 5.37 Å². The van der Waals surface area contributed by atoms with Crippen LogP contribution in [0.2, 0.25) is 0 Å². The predicted octanol–water partition coefficient (Wildman–Crippen LogP) is 5.04. The molecule has 3 aromatic carbocycles. The van der Waals surface area contributed by atoms with Gasteiger partial charge < -0.3 is 4.90 Å². The molecule has 0 bridgehead atoms. The molecule has 4 rings (SSSR count). The number of nitro groups is 1. The summed E-state index contributed by atoms with van der Waals surface area (Å²) < 4.78 is 0. The molecule has 0 radical (unpaired) electrons. The molecule has 0 saturated heterocycles. The smallest absolute Gasteiger partial charge is 0.269 e. The molecule has 1 amide bonds. The van der Waals surface area contributed by atoms with E-state index in [0.717, 1.165) is 16.0 Å². The lowest BCUT2D eigenvalue weighted by Gasteiger charge is -2.36. The predicted molar refractivity (Wildman–Crippen MR) is 104 cm³/mol. The number of non-ortho nitro benzene ring substituents is 1. The van der Waals surface area contributed by atoms with Crippen molar-refractivity contribution in [3.63, 3.8) is 0 Å². The molecule has 3 aromatic rings. The van der Waals surface area contributed by atoms with E-state index in [1.807, 2.05) is 59.5 Å². The summed E-state index contributed by atoms with van der Waals surface area (Å²) in [6, 6.07) is 23.8. The van der Waals surface area contributed by atoms with Gasteiger partial charge >= 0.3 is 0 Å². The van der Waals surface area contributed by atoms with Crippen LogP contribution in [-0.2, 0) is 6.54 Å². The molecule has 0 fully saturated rings. The molecule has 27 heavy (non-hydrogen) atoms. The Morgan fingerprint density at radius 3 is 2.30 bits per heavy atom. The Morgan fingerprint density at radius 1 is 0.926 bits per heavy atom. The van der Waals surface area contributed by atoms with Crippen molar-refractivity contribution < 1.29 is 9.72 Å². The van der Waals surface area contributed by atoms with Gasteiger partial charge in [-0.3, -0.25) is 14.9 Å². The van der Waals surface area contributed by atoms with E-state index >= 15 is 0 Å². The molecular weight excluding hydrogens is 360 g/mol. The fourth-order valence-electron chi connectivity index (χ4n) is 3.13. The number of carbonyl (C=O) groups is 1. The highest BCUT2D eigenvalue weighted by Crippen LogP contribution is 2.45. The Labute approximate surface area is 160 Å². The number of amides is 1. The third-order valence-corrected chi connectivity index (χ3v) is 5.84. The van der Waals surface area contributed by atoms with E-state index in [1.165, 1.54) is 12.1 Å². The first-order valence-corrected chi connectivity index (χ1v) is 9.36. The zero-order chi connectivity index (χ0) is 18.8. The fraction of sp³-hybridized carbons (Fsp3) is 0.0952. The maximum Gasteiger partial charge on any atom is 0.269 e. The van der Waals surface area contributed by atoms with Gasteiger partial charge in [-0.05, 0) is 35.4 Å². The zero-order valence-corrected chi connectivity index (χ0v) is 15.1. The Kier molecular flexibility index (Phi) is 4.64. The molecule has 1 aliphatic heterocycles. The monoisotopic (exact) mass is 376 g/mol. The minimum atomic E-state index is -0.417. The van der Waals surface area contributed by atoms with Gasteiger partial charge in [0.25, 0.3) is 11.6 Å². The first kappa shape index (κ1) is 17.3. The maximum atomic E-state index is 13.2. The molecule has 0 aliphatic carbocycles. The molecule has 1 heterocycles. The lowest BCUT2D eigenvalue weighted by atomic mass is 10.1. The molecule has 5 nitrogen and oxygen atoms in total. The van der Waals surface area contributed by atoms with Gasteiger partial charge in [0.15, 0.2) is 0 Å². The summed E-state index contributed by atoms with van der Waals surface area (Å²) >= 11 is 1.59. The third kappa shape index (κ3) is 3.44. The van der Waals surface area contributed by atoms with Crippen LogP contribution in [0.5, 0.6) is 0 Å². The summed E-state index contributed by atoms with van der Waals surface area (Å²) in [4.78, 5) is 26.5. The Hall–Kier alpha value is -3.12. The third-order valence-electron chi connectivity index (χ3n) is 4.48. The maximum absolute atomic E-state index is 13.2. The van der Waals surface area contributed by atoms with Crippen LogP contribution in [0, 0.1) is 10.1 Å². The Bertz CT molecular complexity index is 990. The minimum absolute atomic E-state index is 0.0310. The second-order valence-electron chi connectivity index (χ2n) is 6.23. The second kappa shape index (κ2) is 7.25. The molecule has 134 valence electrons. The first-order valence-electron chi connectivity index (χ1n) is 8.48. The lowest BCUT2D eigenvalue weighted by molar-refractivity contribution is -0.384. The largest absolute Gasteiger partial charge is 0.318 e. The number of hydrogen-bond acceptors (Lipinski definition) is 4. The van der Waals surface area contributed by atoms with Crippen molar-refractivity contribution in [3.05, 3.63) is 106 Å². The van der Waals surface area contributed by atoms with Crippen molar-refractivity contribution in [1.82, 2.24) is 4.90 Å². The standard InChI is InChI=1S/C21H16N2O3S/c24-20-18-8-4-5-9-19(18)27-21(16-10-12-17(13-11-16)23(25)26)22(20)14-15-6-2-1-3-7-15/h1-13,21H,14H2/t21-/m0/s1. The molecule has 0 N–H and O–H groups in total. The van der Waals surface area contributed by atoms with Crippen LogP contribution in [0.25, 0.3) is 0 Å². The fourth-order valence-corrected chi connectivity index (χ4v) is 4.41. The topological polar surface area (TPSA) is 63.4 Å². The summed E-state index contributed by atoms with van der Waals surface area (Å²) in [6.07, 6.45) is 0. The number of hydrogen-bond donors (Lipinski definition) is 0. The highest BCUT2D eigenvalue weighted by molar-refractivity contribution is 7.99. The Morgan fingerprint density at radius 2 is 1.59 bits per heavy atom. The SMILES string of the molecule is O=C1c2ccccc2S[C@@H](c2ccc([N+](=O)[O-])cc2)N1Cc1ccccc1. The van der Waals surface area contributed by atoms with Gasteiger partial charge in [0.2, 0.25) is 0 Å². The van der Waals surface area contributed by atoms with E-state index in [2.05, 4.69) is 0 Å². The number of fused-ring (bicyclic) bond motifs is 1. The van der Waals surface area contributed by atoms with Crippen LogP contribution in [-0.4, -0.2) is 15.7 Å². The highest BCUT2D eigenvalue weighted by Gasteiger charge is 2.34. The van der Waals surface area contributed by atoms with Gasteiger partial charge in [-0.25, -0.2) is 0 Å². The molecule has 1 atom stereocenters. The number of thioether (sulfide) groups is 1. The number of rotatable bonds is 4. The van der Waals surface area contributed by atoms with Crippen LogP contribution in [0.4, 0.5) is 5.69 Å². The number of benzene rings is 3. The number of nitro benzene ring substituents is 1. The molecule has 1 aliphatic rings. The summed E-state index contributed by atoms with van der Waals surface area (Å²) in [5.74, 6) is -0.0310. The van der Waals surface area contributed by atoms with Crippen molar-refractivity contribution in [2.75, 3.05) is 0 Å². The van der Waals surface area contributed by atoms with Crippen molar-refractivity contribution in [3.8, 4) is 0 Å². The summed E-state index contributed by atoms with van der Waals surface area (Å²) in [5, 5.41) is 10.7. The summed E-state index contributed by atoms with van der Waals surface area (Å²) in [5.41, 5.74) is 2.64. The second-order valence-corrected chi connectivity index (χ2v) is 7.36. The molecule has 6 heteroatoms. The van der Waals surface area contributed by atoms with E-state index in [9.17, 15) is 14.9 Å². The summed E-state index contributed by atoms with van der Waals surface area (Å²) in [6.45, 7) is 0.475. The van der Waals surface area contributed by atoms with Crippen molar-refractivity contribution in [1.29, 1.82) is 0 Å². The molecule has 0 unspecified atom stereocenters. The first-order chi connectivity index (χ1) is 13.1. The quantitative estimate of drug-likeness (QED) is 0.473. The minimum Gasteiger partial charge on any atom is -0.318 e. The van der Waals surface area contributed by atoms with E-state index < -0.39 is 4.92 Å². The van der Waals surface area contributed by atoms with Gasteiger partial charge in [0, 0.05) is 23.6 Å². The van der Waals surface area contributed by atoms with Crippen LogP contribution in [0.15, 0.2) is 83.8 Å². The van der Waals surface area contributed by atoms with E-state index in [1.54, 1.807) is 23.9 Å².